The van der Waals surface area contributed by atoms with Crippen molar-refractivity contribution in [3.8, 4) is 0 Å². The first kappa shape index (κ1) is 12.3. The van der Waals surface area contributed by atoms with Gasteiger partial charge < -0.3 is 5.32 Å². The van der Waals surface area contributed by atoms with Crippen molar-refractivity contribution in [2.24, 2.45) is 23.7 Å². The molecule has 1 heterocycles. The fourth-order valence-corrected chi connectivity index (χ4v) is 5.94. The van der Waals surface area contributed by atoms with Crippen molar-refractivity contribution >= 4 is 11.3 Å². The summed E-state index contributed by atoms with van der Waals surface area (Å²) in [6, 6.07) is 1.20. The molecule has 0 radical (unpaired) electrons. The summed E-state index contributed by atoms with van der Waals surface area (Å²) in [5.74, 6) is 4.05. The van der Waals surface area contributed by atoms with E-state index in [9.17, 15) is 0 Å². The lowest BCUT2D eigenvalue weighted by molar-refractivity contribution is -0.0171. The lowest BCUT2D eigenvalue weighted by Gasteiger charge is -2.55. The van der Waals surface area contributed by atoms with Crippen LogP contribution in [0.5, 0.6) is 0 Å². The van der Waals surface area contributed by atoms with Gasteiger partial charge in [-0.3, -0.25) is 0 Å². The van der Waals surface area contributed by atoms with Crippen LogP contribution < -0.4 is 5.32 Å². The highest BCUT2D eigenvalue weighted by molar-refractivity contribution is 7.09. The molecule has 1 unspecified atom stereocenters. The SMILES string of the molecule is Cc1csc(C(C)NC2C3CC4CC(C3)CC2C4)n1. The largest absolute Gasteiger partial charge is 0.305 e. The molecule has 0 spiro atoms. The van der Waals surface area contributed by atoms with Crippen LogP contribution in [0, 0.1) is 30.6 Å². The fraction of sp³-hybridized carbons (Fsp3) is 0.812. The Morgan fingerprint density at radius 3 is 2.32 bits per heavy atom. The van der Waals surface area contributed by atoms with E-state index in [2.05, 4.69) is 29.5 Å². The molecule has 4 saturated carbocycles. The van der Waals surface area contributed by atoms with Gasteiger partial charge in [0.1, 0.15) is 5.01 Å². The van der Waals surface area contributed by atoms with Crippen molar-refractivity contribution in [1.82, 2.24) is 10.3 Å². The molecule has 4 bridgehead atoms. The van der Waals surface area contributed by atoms with Crippen LogP contribution in [0.4, 0.5) is 0 Å². The molecule has 0 amide bonds. The molecular weight excluding hydrogens is 252 g/mol. The Balaban J connectivity index is 1.48. The first-order valence-corrected chi connectivity index (χ1v) is 8.75. The quantitative estimate of drug-likeness (QED) is 0.905. The Bertz CT molecular complexity index is 439. The minimum Gasteiger partial charge on any atom is -0.305 e. The molecule has 1 atom stereocenters. The van der Waals surface area contributed by atoms with Crippen molar-refractivity contribution in [2.45, 2.75) is 58.0 Å². The predicted octanol–water partition coefficient (Wildman–Crippen LogP) is 3.93. The van der Waals surface area contributed by atoms with Gasteiger partial charge >= 0.3 is 0 Å². The van der Waals surface area contributed by atoms with Gasteiger partial charge in [0.15, 0.2) is 0 Å². The second kappa shape index (κ2) is 4.56. The molecule has 1 aromatic rings. The van der Waals surface area contributed by atoms with Crippen LogP contribution in [0.3, 0.4) is 0 Å². The Labute approximate surface area is 120 Å². The van der Waals surface area contributed by atoms with E-state index < -0.39 is 0 Å². The van der Waals surface area contributed by atoms with Crippen molar-refractivity contribution in [3.05, 3.63) is 16.1 Å². The lowest BCUT2D eigenvalue weighted by Crippen LogP contribution is -2.54. The Hall–Kier alpha value is -0.410. The van der Waals surface area contributed by atoms with E-state index in [-0.39, 0.29) is 0 Å². The summed E-state index contributed by atoms with van der Waals surface area (Å²) in [5.41, 5.74) is 1.17. The summed E-state index contributed by atoms with van der Waals surface area (Å²) in [7, 11) is 0. The molecule has 104 valence electrons. The zero-order valence-electron chi connectivity index (χ0n) is 11.9. The maximum Gasteiger partial charge on any atom is 0.110 e. The standard InChI is InChI=1S/C16H24N2S/c1-9-8-19-16(17-9)10(2)18-15-13-4-11-3-12(6-13)7-14(15)5-11/h8,10-15,18H,3-7H2,1-2H3. The topological polar surface area (TPSA) is 24.9 Å². The first-order valence-electron chi connectivity index (χ1n) is 7.87. The normalized spacial score (nSPS) is 41.7. The molecule has 3 heteroatoms. The Morgan fingerprint density at radius 1 is 1.16 bits per heavy atom. The predicted molar refractivity (Wildman–Crippen MR) is 79.2 cm³/mol. The van der Waals surface area contributed by atoms with E-state index in [4.69, 9.17) is 0 Å². The highest BCUT2D eigenvalue weighted by Gasteiger charge is 2.48. The van der Waals surface area contributed by atoms with Gasteiger partial charge in [0, 0.05) is 17.1 Å². The number of nitrogens with zero attached hydrogens (tertiary/aromatic N) is 1. The lowest BCUT2D eigenvalue weighted by atomic mass is 9.54. The highest BCUT2D eigenvalue weighted by Crippen LogP contribution is 2.54. The molecule has 19 heavy (non-hydrogen) atoms. The number of rotatable bonds is 3. The van der Waals surface area contributed by atoms with Crippen LogP contribution in [-0.2, 0) is 0 Å². The van der Waals surface area contributed by atoms with Crippen LogP contribution >= 0.6 is 11.3 Å². The summed E-state index contributed by atoms with van der Waals surface area (Å²) < 4.78 is 0. The maximum absolute atomic E-state index is 4.65. The number of hydrogen-bond donors (Lipinski definition) is 1. The first-order chi connectivity index (χ1) is 9.19. The van der Waals surface area contributed by atoms with Gasteiger partial charge in [-0.05, 0) is 69.6 Å². The molecule has 0 aromatic carbocycles. The van der Waals surface area contributed by atoms with Gasteiger partial charge in [-0.15, -0.1) is 11.3 Å². The van der Waals surface area contributed by atoms with Crippen molar-refractivity contribution in [3.63, 3.8) is 0 Å². The third kappa shape index (κ3) is 2.15. The number of aryl methyl sites for hydroxylation is 1. The number of hydrogen-bond acceptors (Lipinski definition) is 3. The monoisotopic (exact) mass is 276 g/mol. The molecule has 2 nitrogen and oxygen atoms in total. The van der Waals surface area contributed by atoms with E-state index in [1.165, 1.54) is 36.4 Å². The van der Waals surface area contributed by atoms with Crippen molar-refractivity contribution < 1.29 is 0 Å². The Morgan fingerprint density at radius 2 is 1.79 bits per heavy atom. The molecule has 5 rings (SSSR count). The molecule has 4 fully saturated rings. The van der Waals surface area contributed by atoms with Gasteiger partial charge in [0.25, 0.3) is 0 Å². The van der Waals surface area contributed by atoms with Gasteiger partial charge in [-0.25, -0.2) is 4.98 Å². The van der Waals surface area contributed by atoms with E-state index in [1.807, 2.05) is 11.3 Å². The zero-order valence-corrected chi connectivity index (χ0v) is 12.7. The van der Waals surface area contributed by atoms with Crippen LogP contribution in [0.25, 0.3) is 0 Å². The number of nitrogens with one attached hydrogen (secondary N) is 1. The van der Waals surface area contributed by atoms with Gasteiger partial charge in [-0.2, -0.15) is 0 Å². The third-order valence-corrected chi connectivity index (χ3v) is 6.82. The minimum atomic E-state index is 0.432. The van der Waals surface area contributed by atoms with Crippen LogP contribution in [0.2, 0.25) is 0 Å². The molecular formula is C16H24N2S. The van der Waals surface area contributed by atoms with Gasteiger partial charge in [0.2, 0.25) is 0 Å². The van der Waals surface area contributed by atoms with Crippen LogP contribution in [-0.4, -0.2) is 11.0 Å². The summed E-state index contributed by atoms with van der Waals surface area (Å²) in [4.78, 5) is 4.65. The third-order valence-electron chi connectivity index (χ3n) is 5.68. The average molecular weight is 276 g/mol. The maximum atomic E-state index is 4.65. The summed E-state index contributed by atoms with van der Waals surface area (Å²) >= 11 is 1.81. The summed E-state index contributed by atoms with van der Waals surface area (Å²) in [6.45, 7) is 4.39. The Kier molecular flexibility index (Phi) is 2.96. The number of aromatic nitrogens is 1. The number of thiazole rings is 1. The zero-order chi connectivity index (χ0) is 13.0. The summed E-state index contributed by atoms with van der Waals surface area (Å²) in [5, 5.41) is 7.38. The second-order valence-corrected chi connectivity index (χ2v) is 8.06. The molecule has 4 aliphatic carbocycles. The van der Waals surface area contributed by atoms with Crippen molar-refractivity contribution in [1.29, 1.82) is 0 Å². The highest BCUT2D eigenvalue weighted by atomic mass is 32.1. The van der Waals surface area contributed by atoms with Gasteiger partial charge in [0.05, 0.1) is 6.04 Å². The average Bonchev–Trinajstić information content (AvgIpc) is 2.79. The van der Waals surface area contributed by atoms with Crippen LogP contribution in [0.1, 0.15) is 55.8 Å². The molecule has 1 aromatic heterocycles. The minimum absolute atomic E-state index is 0.432. The van der Waals surface area contributed by atoms with Crippen LogP contribution in [0.15, 0.2) is 5.38 Å². The van der Waals surface area contributed by atoms with E-state index in [1.54, 1.807) is 6.42 Å². The molecule has 0 aliphatic heterocycles. The fourth-order valence-electron chi connectivity index (χ4n) is 5.13. The van der Waals surface area contributed by atoms with Crippen molar-refractivity contribution in [2.75, 3.05) is 0 Å². The van der Waals surface area contributed by atoms with Gasteiger partial charge in [-0.1, -0.05) is 0 Å². The molecule has 1 N–H and O–H groups in total. The van der Waals surface area contributed by atoms with E-state index in [0.717, 1.165) is 29.7 Å². The van der Waals surface area contributed by atoms with E-state index in [0.29, 0.717) is 6.04 Å². The smallest absolute Gasteiger partial charge is 0.110 e. The van der Waals surface area contributed by atoms with E-state index >= 15 is 0 Å². The summed E-state index contributed by atoms with van der Waals surface area (Å²) in [6.07, 6.45) is 7.52. The molecule has 0 saturated heterocycles. The second-order valence-electron chi connectivity index (χ2n) is 7.17. The molecule has 4 aliphatic rings.